The summed E-state index contributed by atoms with van der Waals surface area (Å²) >= 11 is 0. The lowest BCUT2D eigenvalue weighted by atomic mass is 9.64. The fourth-order valence-electron chi connectivity index (χ4n) is 5.19. The van der Waals surface area contributed by atoms with Crippen molar-refractivity contribution >= 4 is 0 Å². The summed E-state index contributed by atoms with van der Waals surface area (Å²) in [6, 6.07) is 15.2. The number of fused-ring (bicyclic) bond motifs is 1. The van der Waals surface area contributed by atoms with Gasteiger partial charge in [-0.15, -0.1) is 0 Å². The van der Waals surface area contributed by atoms with Gasteiger partial charge in [-0.1, -0.05) is 36.1 Å². The van der Waals surface area contributed by atoms with Gasteiger partial charge < -0.3 is 0 Å². The van der Waals surface area contributed by atoms with Crippen LogP contribution in [0.4, 0.5) is 4.39 Å². The average Bonchev–Trinajstić information content (AvgIpc) is 2.74. The van der Waals surface area contributed by atoms with E-state index in [1.165, 1.54) is 56.2 Å². The number of benzene rings is 2. The second kappa shape index (κ2) is 8.78. The lowest BCUT2D eigenvalue weighted by molar-refractivity contribution is 0.133. The summed E-state index contributed by atoms with van der Waals surface area (Å²) in [4.78, 5) is 0. The van der Waals surface area contributed by atoms with Crippen LogP contribution in [0.2, 0.25) is 0 Å². The van der Waals surface area contributed by atoms with E-state index >= 15 is 0 Å². The smallest absolute Gasteiger partial charge is 0.123 e. The first kappa shape index (κ1) is 19.0. The highest BCUT2D eigenvalue weighted by Gasteiger charge is 2.35. The van der Waals surface area contributed by atoms with E-state index in [4.69, 9.17) is 0 Å². The molecule has 28 heavy (non-hydrogen) atoms. The maximum Gasteiger partial charge on any atom is 0.123 e. The van der Waals surface area contributed by atoms with Gasteiger partial charge in [-0.25, -0.2) is 4.39 Å². The number of halogens is 1. The number of allylic oxidation sites excluding steroid dienone is 2. The highest BCUT2D eigenvalue weighted by atomic mass is 19.1. The second-order valence-electron chi connectivity index (χ2n) is 8.51. The first-order chi connectivity index (χ1) is 13.7. The quantitative estimate of drug-likeness (QED) is 0.389. The van der Waals surface area contributed by atoms with Gasteiger partial charge in [0.2, 0.25) is 0 Å². The summed E-state index contributed by atoms with van der Waals surface area (Å²) in [6.45, 7) is 2.15. The van der Waals surface area contributed by atoms with Gasteiger partial charge in [-0.3, -0.25) is 0 Å². The predicted octanol–water partition coefficient (Wildman–Crippen LogP) is 7.10. The molecule has 4 rings (SSSR count). The van der Waals surface area contributed by atoms with Crippen LogP contribution < -0.4 is 0 Å². The van der Waals surface area contributed by atoms with Crippen LogP contribution in [0, 0.1) is 35.4 Å². The van der Waals surface area contributed by atoms with E-state index in [2.05, 4.69) is 55.2 Å². The van der Waals surface area contributed by atoms with Crippen molar-refractivity contribution in [1.29, 1.82) is 0 Å². The van der Waals surface area contributed by atoms with Gasteiger partial charge in [0.1, 0.15) is 5.82 Å². The van der Waals surface area contributed by atoms with Crippen LogP contribution in [0.1, 0.15) is 68.1 Å². The largest absolute Gasteiger partial charge is 0.207 e. The fraction of sp³-hybridized carbons (Fsp3) is 0.407. The Morgan fingerprint density at radius 2 is 1.39 bits per heavy atom. The fourth-order valence-corrected chi connectivity index (χ4v) is 5.19. The molecule has 144 valence electrons. The topological polar surface area (TPSA) is 0 Å². The zero-order chi connectivity index (χ0) is 19.3. The molecule has 1 unspecified atom stereocenters. The van der Waals surface area contributed by atoms with E-state index in [0.717, 1.165) is 28.9 Å². The first-order valence-electron chi connectivity index (χ1n) is 10.7. The third-order valence-corrected chi connectivity index (χ3v) is 6.70. The van der Waals surface area contributed by atoms with Crippen LogP contribution in [0.15, 0.2) is 60.7 Å². The van der Waals surface area contributed by atoms with Crippen LogP contribution in [0.5, 0.6) is 0 Å². The van der Waals surface area contributed by atoms with Crippen molar-refractivity contribution in [3.05, 3.63) is 83.2 Å². The van der Waals surface area contributed by atoms with Gasteiger partial charge in [0.25, 0.3) is 0 Å². The molecule has 0 nitrogen and oxygen atoms in total. The predicted molar refractivity (Wildman–Crippen MR) is 115 cm³/mol. The molecule has 0 bridgehead atoms. The number of hydrogen-bond donors (Lipinski definition) is 0. The van der Waals surface area contributed by atoms with Gasteiger partial charge in [0.05, 0.1) is 0 Å². The Hall–Kier alpha value is -2.33. The minimum Gasteiger partial charge on any atom is -0.207 e. The maximum absolute atomic E-state index is 13.0. The molecule has 1 heteroatoms. The van der Waals surface area contributed by atoms with E-state index in [1.54, 1.807) is 12.1 Å². The lowest BCUT2D eigenvalue weighted by Gasteiger charge is -2.41. The molecule has 2 saturated carbocycles. The van der Waals surface area contributed by atoms with Crippen LogP contribution in [0.3, 0.4) is 0 Å². The highest BCUT2D eigenvalue weighted by molar-refractivity contribution is 5.43. The van der Waals surface area contributed by atoms with Gasteiger partial charge in [0, 0.05) is 11.1 Å². The summed E-state index contributed by atoms with van der Waals surface area (Å²) < 4.78 is 13.0. The van der Waals surface area contributed by atoms with Gasteiger partial charge in [-0.2, -0.15) is 0 Å². The summed E-state index contributed by atoms with van der Waals surface area (Å²) in [5.74, 6) is 9.47. The van der Waals surface area contributed by atoms with E-state index in [0.29, 0.717) is 5.92 Å². The Morgan fingerprint density at radius 3 is 2.07 bits per heavy atom. The Balaban J connectivity index is 1.38. The molecule has 0 spiro atoms. The Kier molecular flexibility index (Phi) is 5.96. The zero-order valence-electron chi connectivity index (χ0n) is 16.7. The summed E-state index contributed by atoms with van der Waals surface area (Å²) in [7, 11) is 0. The summed E-state index contributed by atoms with van der Waals surface area (Å²) in [6.07, 6.45) is 12.9. The van der Waals surface area contributed by atoms with Crippen molar-refractivity contribution in [3.63, 3.8) is 0 Å². The molecule has 0 amide bonds. The molecule has 2 fully saturated rings. The van der Waals surface area contributed by atoms with Crippen molar-refractivity contribution < 1.29 is 4.39 Å². The Morgan fingerprint density at radius 1 is 0.786 bits per heavy atom. The van der Waals surface area contributed by atoms with Crippen molar-refractivity contribution in [1.82, 2.24) is 0 Å². The summed E-state index contributed by atoms with van der Waals surface area (Å²) in [5.41, 5.74) is 3.34. The molecule has 0 heterocycles. The normalized spacial score (nSPS) is 27.1. The van der Waals surface area contributed by atoms with E-state index in [1.807, 2.05) is 0 Å². The van der Waals surface area contributed by atoms with Crippen LogP contribution in [-0.2, 0) is 0 Å². The Bertz CT molecular complexity index is 863. The lowest BCUT2D eigenvalue weighted by Crippen LogP contribution is -2.30. The SMILES string of the molecule is CC=C[C@@H]1CC[C@@H]2CC(c3ccc(C#Cc4ccc(F)cc4)cc3)CC[C@@H]2C1. The van der Waals surface area contributed by atoms with Gasteiger partial charge >= 0.3 is 0 Å². The maximum atomic E-state index is 13.0. The van der Waals surface area contributed by atoms with Crippen molar-refractivity contribution in [2.45, 2.75) is 51.4 Å². The molecule has 2 aromatic carbocycles. The minimum atomic E-state index is -0.222. The number of rotatable bonds is 2. The molecule has 4 atom stereocenters. The van der Waals surface area contributed by atoms with Crippen LogP contribution in [-0.4, -0.2) is 0 Å². The highest BCUT2D eigenvalue weighted by Crippen LogP contribution is 2.47. The zero-order valence-corrected chi connectivity index (χ0v) is 16.7. The monoisotopic (exact) mass is 372 g/mol. The average molecular weight is 373 g/mol. The van der Waals surface area contributed by atoms with E-state index in [9.17, 15) is 4.39 Å². The molecular weight excluding hydrogens is 343 g/mol. The molecule has 0 saturated heterocycles. The minimum absolute atomic E-state index is 0.222. The third-order valence-electron chi connectivity index (χ3n) is 6.70. The molecule has 0 N–H and O–H groups in total. The number of hydrogen-bond acceptors (Lipinski definition) is 0. The van der Waals surface area contributed by atoms with E-state index in [-0.39, 0.29) is 5.82 Å². The second-order valence-corrected chi connectivity index (χ2v) is 8.51. The molecule has 2 aliphatic rings. The molecule has 0 aromatic heterocycles. The molecular formula is C27H29F. The van der Waals surface area contributed by atoms with Crippen LogP contribution >= 0.6 is 0 Å². The van der Waals surface area contributed by atoms with Gasteiger partial charge in [0.15, 0.2) is 0 Å². The Labute approximate surface area is 168 Å². The van der Waals surface area contributed by atoms with E-state index < -0.39 is 0 Å². The van der Waals surface area contributed by atoms with Crippen molar-refractivity contribution in [3.8, 4) is 11.8 Å². The molecule has 2 aromatic rings. The van der Waals surface area contributed by atoms with Gasteiger partial charge in [-0.05, 0) is 111 Å². The van der Waals surface area contributed by atoms with Crippen molar-refractivity contribution in [2.75, 3.05) is 0 Å². The molecule has 2 aliphatic carbocycles. The standard InChI is InChI=1S/C27H29F/c1-2-3-22-8-13-26-19-25(15-14-24(26)18-22)23-11-6-20(7-12-23)4-5-21-9-16-27(28)17-10-21/h2-3,6-7,9-12,16-17,22,24-26H,8,13-15,18-19H2,1H3/t22-,24-,25?,26-/m1/s1. The molecule has 0 aliphatic heterocycles. The summed E-state index contributed by atoms with van der Waals surface area (Å²) in [5, 5.41) is 0. The molecule has 0 radical (unpaired) electrons. The first-order valence-corrected chi connectivity index (χ1v) is 10.7. The van der Waals surface area contributed by atoms with Crippen LogP contribution in [0.25, 0.3) is 0 Å². The third kappa shape index (κ3) is 4.56. The van der Waals surface area contributed by atoms with Crippen molar-refractivity contribution in [2.24, 2.45) is 17.8 Å².